The van der Waals surface area contributed by atoms with Gasteiger partial charge < -0.3 is 15.7 Å². The van der Waals surface area contributed by atoms with Gasteiger partial charge in [-0.3, -0.25) is 9.59 Å². The molecule has 1 aliphatic rings. The number of nitrogens with one attached hydrogen (secondary N) is 2. The van der Waals surface area contributed by atoms with Crippen LogP contribution in [0.15, 0.2) is 0 Å². The van der Waals surface area contributed by atoms with Crippen molar-refractivity contribution >= 4 is 11.9 Å². The predicted molar refractivity (Wildman–Crippen MR) is 60.1 cm³/mol. The van der Waals surface area contributed by atoms with Gasteiger partial charge in [0.2, 0.25) is 5.91 Å². The second-order valence-electron chi connectivity index (χ2n) is 4.34. The van der Waals surface area contributed by atoms with Gasteiger partial charge in [-0.1, -0.05) is 6.92 Å². The maximum absolute atomic E-state index is 11.7. The van der Waals surface area contributed by atoms with E-state index in [-0.39, 0.29) is 18.4 Å². The highest BCUT2D eigenvalue weighted by molar-refractivity contribution is 5.82. The van der Waals surface area contributed by atoms with Crippen LogP contribution in [0.2, 0.25) is 0 Å². The smallest absolute Gasteiger partial charge is 0.303 e. The van der Waals surface area contributed by atoms with E-state index in [4.69, 9.17) is 5.11 Å². The Bertz CT molecular complexity index is 256. The standard InChI is InChI=1S/C11H20N2O3/c1-8-4-2-6-12-10(8)11(16)13-7-3-5-9(14)15/h8,10,12H,2-7H2,1H3,(H,13,16)(H,14,15). The number of carbonyl (C=O) groups excluding carboxylic acids is 1. The summed E-state index contributed by atoms with van der Waals surface area (Å²) in [5.74, 6) is -0.468. The number of hydrogen-bond donors (Lipinski definition) is 3. The van der Waals surface area contributed by atoms with Crippen LogP contribution in [0.1, 0.15) is 32.6 Å². The lowest BCUT2D eigenvalue weighted by Gasteiger charge is -2.28. The molecule has 0 saturated carbocycles. The third kappa shape index (κ3) is 4.18. The largest absolute Gasteiger partial charge is 0.481 e. The van der Waals surface area contributed by atoms with Crippen molar-refractivity contribution in [1.29, 1.82) is 0 Å². The first kappa shape index (κ1) is 13.0. The molecule has 1 rings (SSSR count). The SMILES string of the molecule is CC1CCCNC1C(=O)NCCCC(=O)O. The lowest BCUT2D eigenvalue weighted by molar-refractivity contribution is -0.137. The summed E-state index contributed by atoms with van der Waals surface area (Å²) in [6.07, 6.45) is 2.78. The monoisotopic (exact) mass is 228 g/mol. The van der Waals surface area contributed by atoms with Gasteiger partial charge in [0.05, 0.1) is 6.04 Å². The van der Waals surface area contributed by atoms with Gasteiger partial charge in [0.1, 0.15) is 0 Å². The number of hydrogen-bond acceptors (Lipinski definition) is 3. The highest BCUT2D eigenvalue weighted by Gasteiger charge is 2.26. The fourth-order valence-corrected chi connectivity index (χ4v) is 1.96. The van der Waals surface area contributed by atoms with Crippen LogP contribution in [0.25, 0.3) is 0 Å². The summed E-state index contributed by atoms with van der Waals surface area (Å²) in [5, 5.41) is 14.4. The number of carboxylic acid groups (broad SMARTS) is 1. The van der Waals surface area contributed by atoms with Gasteiger partial charge in [-0.2, -0.15) is 0 Å². The third-order valence-corrected chi connectivity index (χ3v) is 2.92. The lowest BCUT2D eigenvalue weighted by Crippen LogP contribution is -2.51. The van der Waals surface area contributed by atoms with Crippen LogP contribution in [0, 0.1) is 5.92 Å². The van der Waals surface area contributed by atoms with Crippen LogP contribution in [-0.4, -0.2) is 36.1 Å². The first-order valence-electron chi connectivity index (χ1n) is 5.84. The van der Waals surface area contributed by atoms with Gasteiger partial charge in [-0.25, -0.2) is 0 Å². The normalized spacial score (nSPS) is 25.1. The van der Waals surface area contributed by atoms with Crippen molar-refractivity contribution in [3.8, 4) is 0 Å². The fraction of sp³-hybridized carbons (Fsp3) is 0.818. The van der Waals surface area contributed by atoms with E-state index in [9.17, 15) is 9.59 Å². The quantitative estimate of drug-likeness (QED) is 0.593. The average molecular weight is 228 g/mol. The Hall–Kier alpha value is -1.10. The Morgan fingerprint density at radius 2 is 2.25 bits per heavy atom. The topological polar surface area (TPSA) is 78.4 Å². The molecule has 92 valence electrons. The van der Waals surface area contributed by atoms with Crippen molar-refractivity contribution in [2.24, 2.45) is 5.92 Å². The molecule has 0 bridgehead atoms. The molecule has 0 aromatic heterocycles. The van der Waals surface area contributed by atoms with E-state index in [2.05, 4.69) is 17.6 Å². The fourth-order valence-electron chi connectivity index (χ4n) is 1.96. The molecule has 1 aliphatic heterocycles. The molecule has 1 amide bonds. The Labute approximate surface area is 95.6 Å². The van der Waals surface area contributed by atoms with Crippen molar-refractivity contribution in [1.82, 2.24) is 10.6 Å². The van der Waals surface area contributed by atoms with Crippen molar-refractivity contribution in [3.63, 3.8) is 0 Å². The second kappa shape index (κ2) is 6.48. The molecule has 2 unspecified atom stereocenters. The molecule has 0 radical (unpaired) electrons. The van der Waals surface area contributed by atoms with Crippen LogP contribution in [-0.2, 0) is 9.59 Å². The number of aliphatic carboxylic acids is 1. The van der Waals surface area contributed by atoms with E-state index in [0.717, 1.165) is 19.4 Å². The van der Waals surface area contributed by atoms with Crippen LogP contribution in [0.4, 0.5) is 0 Å². The molecule has 0 aromatic carbocycles. The van der Waals surface area contributed by atoms with Gasteiger partial charge in [0, 0.05) is 13.0 Å². The number of amides is 1. The van der Waals surface area contributed by atoms with Crippen molar-refractivity contribution in [3.05, 3.63) is 0 Å². The summed E-state index contributed by atoms with van der Waals surface area (Å²) < 4.78 is 0. The number of carboxylic acids is 1. The Morgan fingerprint density at radius 3 is 2.88 bits per heavy atom. The molecule has 2 atom stereocenters. The summed E-state index contributed by atoms with van der Waals surface area (Å²) in [4.78, 5) is 22.0. The van der Waals surface area contributed by atoms with Crippen molar-refractivity contribution < 1.29 is 14.7 Å². The van der Waals surface area contributed by atoms with Crippen molar-refractivity contribution in [2.75, 3.05) is 13.1 Å². The molecule has 5 nitrogen and oxygen atoms in total. The predicted octanol–water partition coefficient (Wildman–Crippen LogP) is 0.355. The molecule has 1 fully saturated rings. The number of piperidine rings is 1. The molecule has 1 heterocycles. The zero-order valence-corrected chi connectivity index (χ0v) is 9.66. The third-order valence-electron chi connectivity index (χ3n) is 2.92. The van der Waals surface area contributed by atoms with Gasteiger partial charge in [0.25, 0.3) is 0 Å². The molecular weight excluding hydrogens is 208 g/mol. The number of carbonyl (C=O) groups is 2. The summed E-state index contributed by atoms with van der Waals surface area (Å²) in [6, 6.07) is -0.112. The molecule has 0 aliphatic carbocycles. The Kier molecular flexibility index (Phi) is 5.25. The molecule has 1 saturated heterocycles. The zero-order chi connectivity index (χ0) is 12.0. The molecule has 3 N–H and O–H groups in total. The Morgan fingerprint density at radius 1 is 1.50 bits per heavy atom. The lowest BCUT2D eigenvalue weighted by atomic mass is 9.92. The summed E-state index contributed by atoms with van der Waals surface area (Å²) in [5.41, 5.74) is 0. The summed E-state index contributed by atoms with van der Waals surface area (Å²) in [6.45, 7) is 3.39. The van der Waals surface area contributed by atoms with Gasteiger partial charge in [0.15, 0.2) is 0 Å². The summed E-state index contributed by atoms with van der Waals surface area (Å²) in [7, 11) is 0. The second-order valence-corrected chi connectivity index (χ2v) is 4.34. The first-order valence-corrected chi connectivity index (χ1v) is 5.84. The van der Waals surface area contributed by atoms with Crippen LogP contribution >= 0.6 is 0 Å². The molecule has 0 spiro atoms. The maximum atomic E-state index is 11.7. The minimum atomic E-state index is -0.821. The van der Waals surface area contributed by atoms with E-state index in [1.54, 1.807) is 0 Å². The van der Waals surface area contributed by atoms with Crippen molar-refractivity contribution in [2.45, 2.75) is 38.6 Å². The van der Waals surface area contributed by atoms with Gasteiger partial charge in [-0.15, -0.1) is 0 Å². The van der Waals surface area contributed by atoms with Gasteiger partial charge >= 0.3 is 5.97 Å². The van der Waals surface area contributed by atoms with E-state index >= 15 is 0 Å². The van der Waals surface area contributed by atoms with Crippen LogP contribution in [0.5, 0.6) is 0 Å². The highest BCUT2D eigenvalue weighted by Crippen LogP contribution is 2.15. The summed E-state index contributed by atoms with van der Waals surface area (Å²) >= 11 is 0. The minimum absolute atomic E-state index is 0.00223. The highest BCUT2D eigenvalue weighted by atomic mass is 16.4. The van der Waals surface area contributed by atoms with E-state index < -0.39 is 5.97 Å². The van der Waals surface area contributed by atoms with E-state index in [1.807, 2.05) is 0 Å². The van der Waals surface area contributed by atoms with Crippen LogP contribution in [0.3, 0.4) is 0 Å². The van der Waals surface area contributed by atoms with Crippen LogP contribution < -0.4 is 10.6 Å². The molecular formula is C11H20N2O3. The minimum Gasteiger partial charge on any atom is -0.481 e. The average Bonchev–Trinajstić information content (AvgIpc) is 2.24. The Balaban J connectivity index is 2.20. The van der Waals surface area contributed by atoms with E-state index in [1.165, 1.54) is 0 Å². The molecule has 16 heavy (non-hydrogen) atoms. The van der Waals surface area contributed by atoms with Gasteiger partial charge in [-0.05, 0) is 31.7 Å². The first-order chi connectivity index (χ1) is 7.61. The van der Waals surface area contributed by atoms with E-state index in [0.29, 0.717) is 18.9 Å². The number of rotatable bonds is 5. The molecule has 0 aromatic rings. The zero-order valence-electron chi connectivity index (χ0n) is 9.66. The molecule has 5 heteroatoms. The maximum Gasteiger partial charge on any atom is 0.303 e.